The quantitative estimate of drug-likeness (QED) is 0.686. The molecule has 0 bridgehead atoms. The van der Waals surface area contributed by atoms with E-state index >= 15 is 0 Å². The molecule has 112 valence electrons. The SMILES string of the molecule is COc1cccc(OCCCCOc2ccccc2F)c1. The highest BCUT2D eigenvalue weighted by Crippen LogP contribution is 2.19. The van der Waals surface area contributed by atoms with E-state index in [1.807, 2.05) is 24.3 Å². The van der Waals surface area contributed by atoms with Gasteiger partial charge in [0.25, 0.3) is 0 Å². The van der Waals surface area contributed by atoms with E-state index in [-0.39, 0.29) is 5.82 Å². The van der Waals surface area contributed by atoms with Gasteiger partial charge in [0.15, 0.2) is 11.6 Å². The fourth-order valence-electron chi connectivity index (χ4n) is 1.83. The van der Waals surface area contributed by atoms with E-state index in [4.69, 9.17) is 14.2 Å². The third kappa shape index (κ3) is 4.99. The maximum Gasteiger partial charge on any atom is 0.165 e. The Morgan fingerprint density at radius 2 is 1.57 bits per heavy atom. The van der Waals surface area contributed by atoms with Gasteiger partial charge in [0.1, 0.15) is 11.5 Å². The molecule has 0 aliphatic heterocycles. The summed E-state index contributed by atoms with van der Waals surface area (Å²) in [5, 5.41) is 0. The number of methoxy groups -OCH3 is 1. The van der Waals surface area contributed by atoms with Crippen LogP contribution >= 0.6 is 0 Å². The van der Waals surface area contributed by atoms with Crippen LogP contribution in [0.1, 0.15) is 12.8 Å². The molecule has 3 nitrogen and oxygen atoms in total. The van der Waals surface area contributed by atoms with Gasteiger partial charge in [-0.15, -0.1) is 0 Å². The molecule has 0 N–H and O–H groups in total. The van der Waals surface area contributed by atoms with E-state index in [1.54, 1.807) is 25.3 Å². The predicted molar refractivity (Wildman–Crippen MR) is 79.6 cm³/mol. The molecule has 0 atom stereocenters. The highest BCUT2D eigenvalue weighted by molar-refractivity contribution is 5.32. The minimum Gasteiger partial charge on any atom is -0.497 e. The lowest BCUT2D eigenvalue weighted by atomic mass is 10.3. The Morgan fingerprint density at radius 3 is 2.33 bits per heavy atom. The Kier molecular flexibility index (Phi) is 5.88. The Hall–Kier alpha value is -2.23. The molecule has 0 fully saturated rings. The van der Waals surface area contributed by atoms with Gasteiger partial charge in [0.2, 0.25) is 0 Å². The van der Waals surface area contributed by atoms with Crippen LogP contribution in [0.4, 0.5) is 4.39 Å². The number of rotatable bonds is 8. The maximum atomic E-state index is 13.3. The van der Waals surface area contributed by atoms with Gasteiger partial charge in [-0.05, 0) is 37.1 Å². The Balaban J connectivity index is 1.63. The molecule has 2 rings (SSSR count). The molecule has 2 aromatic carbocycles. The molecule has 0 aliphatic rings. The van der Waals surface area contributed by atoms with Crippen LogP contribution in [0.5, 0.6) is 17.2 Å². The molecule has 0 saturated heterocycles. The number of ether oxygens (including phenoxy) is 3. The van der Waals surface area contributed by atoms with Crippen LogP contribution in [0.25, 0.3) is 0 Å². The van der Waals surface area contributed by atoms with Crippen LogP contribution in [-0.4, -0.2) is 20.3 Å². The average molecular weight is 290 g/mol. The standard InChI is InChI=1S/C17H19FO3/c1-19-14-7-6-8-15(13-14)20-11-4-5-12-21-17-10-3-2-9-16(17)18/h2-3,6-10,13H,4-5,11-12H2,1H3. The zero-order chi connectivity index (χ0) is 14.9. The first-order chi connectivity index (χ1) is 10.3. The Labute approximate surface area is 124 Å². The summed E-state index contributed by atoms with van der Waals surface area (Å²) in [4.78, 5) is 0. The monoisotopic (exact) mass is 290 g/mol. The number of unbranched alkanes of at least 4 members (excludes halogenated alkanes) is 1. The molecule has 0 spiro atoms. The van der Waals surface area contributed by atoms with Crippen molar-refractivity contribution in [2.75, 3.05) is 20.3 Å². The summed E-state index contributed by atoms with van der Waals surface area (Å²) in [6.07, 6.45) is 1.64. The van der Waals surface area contributed by atoms with Crippen molar-refractivity contribution in [3.63, 3.8) is 0 Å². The summed E-state index contributed by atoms with van der Waals surface area (Å²) < 4.78 is 29.4. The van der Waals surface area contributed by atoms with Gasteiger partial charge in [0, 0.05) is 6.07 Å². The summed E-state index contributed by atoms with van der Waals surface area (Å²) in [5.41, 5.74) is 0. The van der Waals surface area contributed by atoms with Gasteiger partial charge in [-0.2, -0.15) is 0 Å². The number of hydrogen-bond donors (Lipinski definition) is 0. The lowest BCUT2D eigenvalue weighted by Gasteiger charge is -2.09. The van der Waals surface area contributed by atoms with Gasteiger partial charge in [0.05, 0.1) is 20.3 Å². The second kappa shape index (κ2) is 8.15. The molecule has 0 unspecified atom stereocenters. The lowest BCUT2D eigenvalue weighted by Crippen LogP contribution is -2.03. The number of hydrogen-bond acceptors (Lipinski definition) is 3. The van der Waals surface area contributed by atoms with Gasteiger partial charge in [-0.1, -0.05) is 18.2 Å². The van der Waals surface area contributed by atoms with E-state index in [0.29, 0.717) is 19.0 Å². The van der Waals surface area contributed by atoms with Gasteiger partial charge in [-0.3, -0.25) is 0 Å². The van der Waals surface area contributed by atoms with E-state index in [9.17, 15) is 4.39 Å². The molecule has 0 radical (unpaired) electrons. The zero-order valence-electron chi connectivity index (χ0n) is 12.0. The van der Waals surface area contributed by atoms with Gasteiger partial charge < -0.3 is 14.2 Å². The molecule has 4 heteroatoms. The highest BCUT2D eigenvalue weighted by atomic mass is 19.1. The molecular formula is C17H19FO3. The van der Waals surface area contributed by atoms with Crippen LogP contribution in [0.15, 0.2) is 48.5 Å². The van der Waals surface area contributed by atoms with Crippen molar-refractivity contribution in [2.45, 2.75) is 12.8 Å². The van der Waals surface area contributed by atoms with Crippen molar-refractivity contribution in [3.05, 3.63) is 54.3 Å². The van der Waals surface area contributed by atoms with E-state index in [2.05, 4.69) is 0 Å². The number of para-hydroxylation sites is 1. The second-order valence-corrected chi connectivity index (χ2v) is 4.51. The van der Waals surface area contributed by atoms with E-state index in [1.165, 1.54) is 6.07 Å². The topological polar surface area (TPSA) is 27.7 Å². The first kappa shape index (κ1) is 15.2. The third-order valence-electron chi connectivity index (χ3n) is 2.94. The number of halogens is 1. The predicted octanol–water partition coefficient (Wildman–Crippen LogP) is 4.07. The summed E-state index contributed by atoms with van der Waals surface area (Å²) in [7, 11) is 1.62. The lowest BCUT2D eigenvalue weighted by molar-refractivity contribution is 0.259. The van der Waals surface area contributed by atoms with Crippen molar-refractivity contribution in [2.24, 2.45) is 0 Å². The fourth-order valence-corrected chi connectivity index (χ4v) is 1.83. The fraction of sp³-hybridized carbons (Fsp3) is 0.294. The molecule has 21 heavy (non-hydrogen) atoms. The summed E-state index contributed by atoms with van der Waals surface area (Å²) in [5.74, 6) is 1.52. The Morgan fingerprint density at radius 1 is 0.857 bits per heavy atom. The molecule has 2 aromatic rings. The maximum absolute atomic E-state index is 13.3. The van der Waals surface area contributed by atoms with E-state index < -0.39 is 0 Å². The van der Waals surface area contributed by atoms with Crippen LogP contribution in [0.3, 0.4) is 0 Å². The highest BCUT2D eigenvalue weighted by Gasteiger charge is 2.01. The summed E-state index contributed by atoms with van der Waals surface area (Å²) >= 11 is 0. The van der Waals surface area contributed by atoms with Crippen molar-refractivity contribution < 1.29 is 18.6 Å². The number of benzene rings is 2. The molecular weight excluding hydrogens is 271 g/mol. The first-order valence-corrected chi connectivity index (χ1v) is 6.94. The largest absolute Gasteiger partial charge is 0.497 e. The minimum atomic E-state index is -0.329. The van der Waals surface area contributed by atoms with Crippen molar-refractivity contribution in [3.8, 4) is 17.2 Å². The third-order valence-corrected chi connectivity index (χ3v) is 2.94. The van der Waals surface area contributed by atoms with Crippen LogP contribution in [0, 0.1) is 5.82 Å². The first-order valence-electron chi connectivity index (χ1n) is 6.94. The molecule has 0 aromatic heterocycles. The van der Waals surface area contributed by atoms with Crippen molar-refractivity contribution in [1.82, 2.24) is 0 Å². The molecule has 0 saturated carbocycles. The van der Waals surface area contributed by atoms with E-state index in [0.717, 1.165) is 24.3 Å². The zero-order valence-corrected chi connectivity index (χ0v) is 12.0. The molecule has 0 aliphatic carbocycles. The van der Waals surface area contributed by atoms with Crippen molar-refractivity contribution in [1.29, 1.82) is 0 Å². The summed E-state index contributed by atoms with van der Waals surface area (Å²) in [6, 6.07) is 13.9. The molecule has 0 heterocycles. The summed E-state index contributed by atoms with van der Waals surface area (Å²) in [6.45, 7) is 1.07. The van der Waals surface area contributed by atoms with Crippen LogP contribution < -0.4 is 14.2 Å². The van der Waals surface area contributed by atoms with Crippen molar-refractivity contribution >= 4 is 0 Å². The molecule has 0 amide bonds. The Bertz CT molecular complexity index is 557. The average Bonchev–Trinajstić information content (AvgIpc) is 2.52. The van der Waals surface area contributed by atoms with Crippen LogP contribution in [-0.2, 0) is 0 Å². The van der Waals surface area contributed by atoms with Gasteiger partial charge in [-0.25, -0.2) is 4.39 Å². The van der Waals surface area contributed by atoms with Crippen LogP contribution in [0.2, 0.25) is 0 Å². The minimum absolute atomic E-state index is 0.297. The van der Waals surface area contributed by atoms with Gasteiger partial charge >= 0.3 is 0 Å². The smallest absolute Gasteiger partial charge is 0.165 e. The second-order valence-electron chi connectivity index (χ2n) is 4.51. The normalized spacial score (nSPS) is 10.2.